The number of amides is 1. The number of hydrogen-bond acceptors (Lipinski definition) is 4. The summed E-state index contributed by atoms with van der Waals surface area (Å²) < 4.78 is 4.06. The van der Waals surface area contributed by atoms with Gasteiger partial charge in [0.05, 0.1) is 16.8 Å². The predicted molar refractivity (Wildman–Crippen MR) is 74.1 cm³/mol. The average molecular weight is 275 g/mol. The van der Waals surface area contributed by atoms with Crippen LogP contribution in [-0.4, -0.2) is 30.8 Å². The van der Waals surface area contributed by atoms with Gasteiger partial charge >= 0.3 is 0 Å². The number of carbonyl (C=O) groups is 1. The highest BCUT2D eigenvalue weighted by Crippen LogP contribution is 2.25. The number of para-hydroxylation sites is 2. The Bertz CT molecular complexity index is 760. The van der Waals surface area contributed by atoms with Crippen LogP contribution in [0.2, 0.25) is 0 Å². The number of thioether (sulfide) groups is 1. The number of hydrogen-bond donors (Lipinski definition) is 1. The van der Waals surface area contributed by atoms with Crippen LogP contribution in [0.3, 0.4) is 0 Å². The zero-order valence-electron chi connectivity index (χ0n) is 10.4. The van der Waals surface area contributed by atoms with E-state index in [4.69, 9.17) is 5.73 Å². The van der Waals surface area contributed by atoms with Gasteiger partial charge in [-0.25, -0.2) is 0 Å². The summed E-state index contributed by atoms with van der Waals surface area (Å²) in [6, 6.07) is 8.05. The number of carbonyl (C=O) groups excluding carboxylic acids is 1. The zero-order chi connectivity index (χ0) is 13.4. The summed E-state index contributed by atoms with van der Waals surface area (Å²) >= 11 is 1.30. The van der Waals surface area contributed by atoms with E-state index in [1.165, 1.54) is 11.8 Å². The minimum atomic E-state index is -0.360. The fourth-order valence-corrected chi connectivity index (χ4v) is 2.86. The molecule has 2 heterocycles. The third-order valence-electron chi connectivity index (χ3n) is 2.93. The molecule has 3 aromatic rings. The summed E-state index contributed by atoms with van der Waals surface area (Å²) in [5.74, 6) is 0.628. The summed E-state index contributed by atoms with van der Waals surface area (Å²) in [4.78, 5) is 10.9. The van der Waals surface area contributed by atoms with Gasteiger partial charge in [0.2, 0.25) is 11.7 Å². The molecule has 0 aliphatic rings. The highest BCUT2D eigenvalue weighted by atomic mass is 32.2. The smallest absolute Gasteiger partial charge is 0.237 e. The Morgan fingerprint density at radius 2 is 2.05 bits per heavy atom. The van der Waals surface area contributed by atoms with Gasteiger partial charge in [0.1, 0.15) is 0 Å². The van der Waals surface area contributed by atoms with E-state index >= 15 is 0 Å². The average Bonchev–Trinajstić information content (AvgIpc) is 2.94. The topological polar surface area (TPSA) is 78.2 Å². The molecule has 2 aromatic heterocycles. The van der Waals surface area contributed by atoms with Gasteiger partial charge in [0, 0.05) is 6.54 Å². The fraction of sp³-hybridized carbons (Fsp3) is 0.250. The van der Waals surface area contributed by atoms with Gasteiger partial charge in [-0.3, -0.25) is 9.20 Å². The molecule has 1 aromatic carbocycles. The summed E-state index contributed by atoms with van der Waals surface area (Å²) in [6.07, 6.45) is 0. The van der Waals surface area contributed by atoms with Gasteiger partial charge in [0.15, 0.2) is 5.16 Å². The van der Waals surface area contributed by atoms with E-state index in [-0.39, 0.29) is 11.7 Å². The van der Waals surface area contributed by atoms with Crippen molar-refractivity contribution < 1.29 is 4.79 Å². The van der Waals surface area contributed by atoms with Crippen LogP contribution in [0.25, 0.3) is 16.8 Å². The van der Waals surface area contributed by atoms with Gasteiger partial charge in [-0.15, -0.1) is 10.2 Å². The van der Waals surface area contributed by atoms with E-state index in [0.29, 0.717) is 5.16 Å². The fourth-order valence-electron chi connectivity index (χ4n) is 2.18. The molecular formula is C12H13N5OS. The molecule has 0 saturated heterocycles. The first-order valence-corrected chi connectivity index (χ1v) is 6.94. The first-order valence-electron chi connectivity index (χ1n) is 5.96. The summed E-state index contributed by atoms with van der Waals surface area (Å²) in [7, 11) is 0. The number of nitrogens with zero attached hydrogens (tertiary/aromatic N) is 4. The van der Waals surface area contributed by atoms with Gasteiger partial charge in [0.25, 0.3) is 0 Å². The van der Waals surface area contributed by atoms with Crippen molar-refractivity contribution in [1.82, 2.24) is 19.2 Å². The predicted octanol–water partition coefficient (Wildman–Crippen LogP) is 1.28. The Balaban J connectivity index is 2.23. The van der Waals surface area contributed by atoms with Crippen molar-refractivity contribution in [1.29, 1.82) is 0 Å². The molecule has 7 heteroatoms. The Morgan fingerprint density at radius 3 is 2.74 bits per heavy atom. The second-order valence-corrected chi connectivity index (χ2v) is 5.05. The first kappa shape index (κ1) is 12.0. The molecule has 2 N–H and O–H groups in total. The van der Waals surface area contributed by atoms with Crippen molar-refractivity contribution in [2.75, 3.05) is 5.75 Å². The quantitative estimate of drug-likeness (QED) is 0.728. The molecular weight excluding hydrogens is 262 g/mol. The number of benzene rings is 1. The largest absolute Gasteiger partial charge is 0.369 e. The molecule has 19 heavy (non-hydrogen) atoms. The van der Waals surface area contributed by atoms with Gasteiger partial charge in [-0.05, 0) is 19.1 Å². The Morgan fingerprint density at radius 1 is 1.32 bits per heavy atom. The standard InChI is InChI=1S/C12H13N5OS/c1-2-16-8-5-3-4-6-9(8)17-11(16)14-15-12(17)19-7-10(13)18/h3-6H,2,7H2,1H3,(H2,13,18). The molecule has 0 saturated carbocycles. The highest BCUT2D eigenvalue weighted by molar-refractivity contribution is 7.99. The van der Waals surface area contributed by atoms with Crippen LogP contribution in [0.4, 0.5) is 0 Å². The van der Waals surface area contributed by atoms with E-state index < -0.39 is 0 Å². The molecule has 0 fully saturated rings. The molecule has 6 nitrogen and oxygen atoms in total. The lowest BCUT2D eigenvalue weighted by molar-refractivity contribution is -0.115. The molecule has 0 bridgehead atoms. The number of nitrogens with two attached hydrogens (primary N) is 1. The molecule has 0 aliphatic heterocycles. The minimum absolute atomic E-state index is 0.201. The van der Waals surface area contributed by atoms with Crippen molar-refractivity contribution in [2.45, 2.75) is 18.6 Å². The summed E-state index contributed by atoms with van der Waals surface area (Å²) in [5.41, 5.74) is 7.32. The second-order valence-electron chi connectivity index (χ2n) is 4.11. The van der Waals surface area contributed by atoms with Crippen molar-refractivity contribution in [3.63, 3.8) is 0 Å². The maximum atomic E-state index is 10.9. The lowest BCUT2D eigenvalue weighted by atomic mass is 10.3. The first-order chi connectivity index (χ1) is 9.22. The van der Waals surface area contributed by atoms with Crippen molar-refractivity contribution >= 4 is 34.5 Å². The number of aromatic nitrogens is 4. The van der Waals surface area contributed by atoms with Crippen LogP contribution in [0.1, 0.15) is 6.92 Å². The van der Waals surface area contributed by atoms with Crippen molar-refractivity contribution in [3.05, 3.63) is 24.3 Å². The lowest BCUT2D eigenvalue weighted by Gasteiger charge is -1.97. The Labute approximate surface area is 113 Å². The molecule has 0 aliphatic carbocycles. The van der Waals surface area contributed by atoms with E-state index in [0.717, 1.165) is 23.4 Å². The molecule has 1 amide bonds. The summed E-state index contributed by atoms with van der Waals surface area (Å²) in [5, 5.41) is 9.03. The minimum Gasteiger partial charge on any atom is -0.369 e. The van der Waals surface area contributed by atoms with Crippen molar-refractivity contribution in [3.8, 4) is 0 Å². The van der Waals surface area contributed by atoms with Crippen LogP contribution in [0, 0.1) is 0 Å². The Hall–Kier alpha value is -2.02. The SMILES string of the molecule is CCn1c2ccccc2n2c(SCC(N)=O)nnc12. The third kappa shape index (κ3) is 1.86. The normalized spacial score (nSPS) is 11.4. The molecule has 0 unspecified atom stereocenters. The van der Waals surface area contributed by atoms with Gasteiger partial charge < -0.3 is 10.3 Å². The van der Waals surface area contributed by atoms with Crippen LogP contribution in [-0.2, 0) is 11.3 Å². The molecule has 98 valence electrons. The highest BCUT2D eigenvalue weighted by Gasteiger charge is 2.16. The lowest BCUT2D eigenvalue weighted by Crippen LogP contribution is -2.13. The van der Waals surface area contributed by atoms with Gasteiger partial charge in [-0.2, -0.15) is 0 Å². The number of primary amides is 1. The number of aryl methyl sites for hydroxylation is 1. The van der Waals surface area contributed by atoms with Crippen LogP contribution in [0.5, 0.6) is 0 Å². The maximum absolute atomic E-state index is 10.9. The maximum Gasteiger partial charge on any atom is 0.237 e. The van der Waals surface area contributed by atoms with Crippen LogP contribution in [0.15, 0.2) is 29.4 Å². The molecule has 0 spiro atoms. The van der Waals surface area contributed by atoms with Gasteiger partial charge in [-0.1, -0.05) is 23.9 Å². The van der Waals surface area contributed by atoms with Crippen LogP contribution < -0.4 is 5.73 Å². The number of fused-ring (bicyclic) bond motifs is 3. The van der Waals surface area contributed by atoms with Crippen molar-refractivity contribution in [2.24, 2.45) is 5.73 Å². The molecule has 3 rings (SSSR count). The van der Waals surface area contributed by atoms with E-state index in [9.17, 15) is 4.79 Å². The van der Waals surface area contributed by atoms with E-state index in [2.05, 4.69) is 27.8 Å². The molecule has 0 atom stereocenters. The van der Waals surface area contributed by atoms with Crippen LogP contribution >= 0.6 is 11.8 Å². The number of rotatable bonds is 4. The number of imidazole rings is 1. The monoisotopic (exact) mass is 275 g/mol. The third-order valence-corrected chi connectivity index (χ3v) is 3.88. The summed E-state index contributed by atoms with van der Waals surface area (Å²) in [6.45, 7) is 2.88. The molecule has 0 radical (unpaired) electrons. The second kappa shape index (κ2) is 4.58. The zero-order valence-corrected chi connectivity index (χ0v) is 11.2. The van der Waals surface area contributed by atoms with E-state index in [1.807, 2.05) is 22.6 Å². The van der Waals surface area contributed by atoms with E-state index in [1.54, 1.807) is 0 Å². The Kier molecular flexibility index (Phi) is 2.90.